The predicted molar refractivity (Wildman–Crippen MR) is 123 cm³/mol. The van der Waals surface area contributed by atoms with Gasteiger partial charge in [-0.2, -0.15) is 16.8 Å². The van der Waals surface area contributed by atoms with Gasteiger partial charge in [0, 0.05) is 0 Å². The Balaban J connectivity index is 4.01. The Labute approximate surface area is 173 Å². The molecule has 6 nitrogen and oxygen atoms in total. The Morgan fingerprint density at radius 3 is 1.29 bits per heavy atom. The quantitative estimate of drug-likeness (QED) is 0.120. The summed E-state index contributed by atoms with van der Waals surface area (Å²) in [6.07, 6.45) is 18.5. The second kappa shape index (κ2) is 12.8. The number of hydrogen-bond donors (Lipinski definition) is 2. The standard InChI is InChI=1S/C19H44O6S3/c1-5-6-7-8-9-10-11-12-13-14-15-16-17-18-19-28(3,4,26(20,21)22)27(23,24)25-2/h28H,5-19H2,1-4H3,(H,20,21,22). The summed E-state index contributed by atoms with van der Waals surface area (Å²) in [5, 5.41) is 0. The van der Waals surface area contributed by atoms with Crippen molar-refractivity contribution in [3.8, 4) is 0 Å². The van der Waals surface area contributed by atoms with E-state index in [1.54, 1.807) is 0 Å². The normalized spacial score (nSPS) is 14.7. The number of rotatable bonds is 18. The van der Waals surface area contributed by atoms with Gasteiger partial charge < -0.3 is 0 Å². The Morgan fingerprint density at radius 2 is 1.00 bits per heavy atom. The molecule has 0 unspecified atom stereocenters. The molecule has 0 aliphatic heterocycles. The van der Waals surface area contributed by atoms with E-state index in [0.717, 1.165) is 45.3 Å². The number of thiol groups is 1. The molecule has 0 aromatic heterocycles. The molecule has 0 aromatic rings. The maximum atomic E-state index is 12.3. The fourth-order valence-corrected chi connectivity index (χ4v) is 12.4. The van der Waals surface area contributed by atoms with Gasteiger partial charge in [-0.3, -0.25) is 8.74 Å². The third-order valence-corrected chi connectivity index (χ3v) is 24.0. The molecule has 174 valence electrons. The lowest BCUT2D eigenvalue weighted by atomic mass is 10.0. The van der Waals surface area contributed by atoms with Crippen LogP contribution in [0.15, 0.2) is 0 Å². The van der Waals surface area contributed by atoms with Gasteiger partial charge in [-0.05, 0) is 24.7 Å². The Morgan fingerprint density at radius 1 is 0.679 bits per heavy atom. The maximum Gasteiger partial charge on any atom is 0.302 e. The summed E-state index contributed by atoms with van der Waals surface area (Å²) in [5.74, 6) is -0.0708. The van der Waals surface area contributed by atoms with E-state index in [2.05, 4.69) is 11.1 Å². The first-order valence-electron chi connectivity index (χ1n) is 10.7. The van der Waals surface area contributed by atoms with E-state index < -0.39 is 25.5 Å². The summed E-state index contributed by atoms with van der Waals surface area (Å²) in [6, 6.07) is 0. The molecule has 0 saturated carbocycles. The highest BCUT2D eigenvalue weighted by atomic mass is 33.6. The van der Waals surface area contributed by atoms with Crippen LogP contribution in [0.25, 0.3) is 0 Å². The third-order valence-electron chi connectivity index (χ3n) is 5.77. The first kappa shape index (κ1) is 28.2. The highest BCUT2D eigenvalue weighted by molar-refractivity contribution is 9.26. The summed E-state index contributed by atoms with van der Waals surface area (Å²) >= 11 is 0. The maximum absolute atomic E-state index is 12.3. The molecule has 0 amide bonds. The third kappa shape index (κ3) is 8.13. The fraction of sp³-hybridized carbons (Fsp3) is 1.00. The molecule has 0 aromatic carbocycles. The smallest absolute Gasteiger partial charge is 0.279 e. The first-order valence-corrected chi connectivity index (χ1v) is 18.1. The van der Waals surface area contributed by atoms with Crippen molar-refractivity contribution >= 4 is 25.5 Å². The van der Waals surface area contributed by atoms with Crippen LogP contribution in [0, 0.1) is 0 Å². The van der Waals surface area contributed by atoms with Gasteiger partial charge in [0.1, 0.15) is 0 Å². The lowest BCUT2D eigenvalue weighted by molar-refractivity contribution is 0.412. The number of hydrogen-bond acceptors (Lipinski definition) is 5. The molecule has 0 heterocycles. The molecule has 0 atom stereocenters. The highest BCUT2D eigenvalue weighted by Gasteiger charge is 2.54. The lowest BCUT2D eigenvalue weighted by Crippen LogP contribution is -2.36. The van der Waals surface area contributed by atoms with E-state index in [4.69, 9.17) is 0 Å². The summed E-state index contributed by atoms with van der Waals surface area (Å²) in [4.78, 5) is 0. The zero-order valence-electron chi connectivity index (χ0n) is 18.4. The first-order chi connectivity index (χ1) is 12.9. The van der Waals surface area contributed by atoms with Crippen LogP contribution in [-0.2, 0) is 22.5 Å². The summed E-state index contributed by atoms with van der Waals surface area (Å²) in [6.45, 7) is 2.23. The molecule has 0 fully saturated rings. The van der Waals surface area contributed by atoms with Crippen LogP contribution in [0.2, 0.25) is 0 Å². The van der Waals surface area contributed by atoms with Crippen LogP contribution >= 0.6 is 7.23 Å². The zero-order chi connectivity index (χ0) is 21.8. The van der Waals surface area contributed by atoms with Crippen LogP contribution in [0.1, 0.15) is 96.8 Å². The van der Waals surface area contributed by atoms with Crippen molar-refractivity contribution in [3.05, 3.63) is 0 Å². The summed E-state index contributed by atoms with van der Waals surface area (Å²) in [5.41, 5.74) is 0. The van der Waals surface area contributed by atoms with Crippen LogP contribution in [0.3, 0.4) is 0 Å². The molecule has 1 N–H and O–H groups in total. The molecular weight excluding hydrogens is 420 g/mol. The molecule has 0 aliphatic carbocycles. The van der Waals surface area contributed by atoms with E-state index in [-0.39, 0.29) is 5.75 Å². The minimum Gasteiger partial charge on any atom is -0.279 e. The molecule has 28 heavy (non-hydrogen) atoms. The van der Waals surface area contributed by atoms with E-state index in [9.17, 15) is 21.4 Å². The van der Waals surface area contributed by atoms with Crippen molar-refractivity contribution in [1.29, 1.82) is 0 Å². The predicted octanol–water partition coefficient (Wildman–Crippen LogP) is 5.49. The van der Waals surface area contributed by atoms with E-state index in [0.29, 0.717) is 6.42 Å². The van der Waals surface area contributed by atoms with Gasteiger partial charge >= 0.3 is 9.15 Å². The van der Waals surface area contributed by atoms with Crippen LogP contribution < -0.4 is 0 Å². The van der Waals surface area contributed by atoms with Gasteiger partial charge in [0.2, 0.25) is 0 Å². The van der Waals surface area contributed by atoms with Gasteiger partial charge in [0.05, 0.1) is 7.11 Å². The molecule has 0 rings (SSSR count). The molecule has 0 spiro atoms. The average Bonchev–Trinajstić information content (AvgIpc) is 2.61. The lowest BCUT2D eigenvalue weighted by Gasteiger charge is -2.48. The van der Waals surface area contributed by atoms with Gasteiger partial charge in [-0.15, -0.1) is 0 Å². The second-order valence-corrected chi connectivity index (χ2v) is 25.8. The van der Waals surface area contributed by atoms with Gasteiger partial charge in [0.15, 0.2) is 0 Å². The summed E-state index contributed by atoms with van der Waals surface area (Å²) in [7, 11) is -12.6. The van der Waals surface area contributed by atoms with Gasteiger partial charge in [0.25, 0.3) is 9.15 Å². The van der Waals surface area contributed by atoms with Crippen LogP contribution in [0.4, 0.5) is 0 Å². The van der Waals surface area contributed by atoms with Crippen LogP contribution in [-0.4, -0.2) is 46.8 Å². The molecule has 0 aliphatic rings. The SMILES string of the molecule is CCCCCCCCCCCCCCCC[SH](C)(C)(S(=O)(=O)O)S(=O)(=O)OC. The average molecular weight is 465 g/mol. The van der Waals surface area contributed by atoms with Crippen molar-refractivity contribution in [2.45, 2.75) is 96.8 Å². The molecule has 0 saturated heterocycles. The Hall–Kier alpha value is 0.170. The fourth-order valence-electron chi connectivity index (χ4n) is 3.33. The van der Waals surface area contributed by atoms with Crippen molar-refractivity contribution in [2.75, 3.05) is 25.4 Å². The highest BCUT2D eigenvalue weighted by Crippen LogP contribution is 2.73. The summed E-state index contributed by atoms with van der Waals surface area (Å²) < 4.78 is 62.4. The molecule has 0 radical (unpaired) electrons. The van der Waals surface area contributed by atoms with E-state index >= 15 is 0 Å². The minimum absolute atomic E-state index is 0.0708. The largest absolute Gasteiger partial charge is 0.302 e. The van der Waals surface area contributed by atoms with E-state index in [1.165, 1.54) is 57.8 Å². The van der Waals surface area contributed by atoms with Crippen molar-refractivity contribution < 1.29 is 25.6 Å². The molecule has 9 heteroatoms. The Bertz CT molecular complexity index is 626. The Kier molecular flexibility index (Phi) is 12.8. The van der Waals surface area contributed by atoms with Crippen molar-refractivity contribution in [3.63, 3.8) is 0 Å². The van der Waals surface area contributed by atoms with Gasteiger partial charge in [-0.25, -0.2) is 0 Å². The number of unbranched alkanes of at least 4 members (excludes halogenated alkanes) is 13. The zero-order valence-corrected chi connectivity index (χ0v) is 20.9. The van der Waals surface area contributed by atoms with Crippen molar-refractivity contribution in [2.24, 2.45) is 0 Å². The second-order valence-electron chi connectivity index (χ2n) is 8.50. The topological polar surface area (TPSA) is 97.7 Å². The molecular formula is C19H44O6S3. The van der Waals surface area contributed by atoms with Crippen LogP contribution in [0.5, 0.6) is 0 Å². The molecule has 0 bridgehead atoms. The monoisotopic (exact) mass is 464 g/mol. The van der Waals surface area contributed by atoms with Gasteiger partial charge in [-0.1, -0.05) is 97.6 Å². The van der Waals surface area contributed by atoms with E-state index in [1.807, 2.05) is 0 Å². The van der Waals surface area contributed by atoms with Crippen molar-refractivity contribution in [1.82, 2.24) is 0 Å². The minimum atomic E-state index is -4.73.